The Morgan fingerprint density at radius 2 is 1.97 bits per heavy atom. The first-order valence-corrected chi connectivity index (χ1v) is 12.9. The average molecular weight is 491 g/mol. The van der Waals surface area contributed by atoms with Gasteiger partial charge in [0.15, 0.2) is 0 Å². The highest BCUT2D eigenvalue weighted by Gasteiger charge is 2.33. The van der Waals surface area contributed by atoms with Crippen LogP contribution in [-0.2, 0) is 16.0 Å². The molecule has 0 aliphatic carbocycles. The van der Waals surface area contributed by atoms with Crippen molar-refractivity contribution in [2.24, 2.45) is 11.8 Å². The van der Waals surface area contributed by atoms with Gasteiger partial charge in [0, 0.05) is 29.4 Å². The van der Waals surface area contributed by atoms with Crippen LogP contribution in [0.3, 0.4) is 0 Å². The van der Waals surface area contributed by atoms with Gasteiger partial charge in [0.25, 0.3) is 0 Å². The molecular weight excluding hydrogens is 456 g/mol. The molecule has 0 spiro atoms. The fourth-order valence-electron chi connectivity index (χ4n) is 4.18. The minimum absolute atomic E-state index is 0.0227. The molecule has 33 heavy (non-hydrogen) atoms. The number of aryl methyl sites for hydroxylation is 1. The quantitative estimate of drug-likeness (QED) is 0.450. The molecule has 3 rings (SSSR count). The summed E-state index contributed by atoms with van der Waals surface area (Å²) < 4.78 is 6.13. The second kappa shape index (κ2) is 11.4. The molecule has 0 N–H and O–H groups in total. The van der Waals surface area contributed by atoms with Crippen molar-refractivity contribution in [1.82, 2.24) is 9.80 Å². The van der Waals surface area contributed by atoms with Gasteiger partial charge in [0.2, 0.25) is 11.8 Å². The molecule has 5 nitrogen and oxygen atoms in total. The Bertz CT molecular complexity index is 972. The number of fused-ring (bicyclic) bond motifs is 1. The maximum atomic E-state index is 13.5. The van der Waals surface area contributed by atoms with Crippen LogP contribution in [0.1, 0.15) is 56.2 Å². The Morgan fingerprint density at radius 1 is 1.21 bits per heavy atom. The Morgan fingerprint density at radius 3 is 2.64 bits per heavy atom. The fraction of sp³-hybridized carbons (Fsp3) is 0.538. The van der Waals surface area contributed by atoms with Gasteiger partial charge in [0.05, 0.1) is 12.6 Å². The largest absolute Gasteiger partial charge is 0.491 e. The molecule has 0 radical (unpaired) electrons. The predicted octanol–water partition coefficient (Wildman–Crippen LogP) is 5.75. The van der Waals surface area contributed by atoms with Crippen molar-refractivity contribution in [2.45, 2.75) is 53.5 Å². The van der Waals surface area contributed by atoms with Gasteiger partial charge in [-0.2, -0.15) is 0 Å². The molecule has 1 aliphatic rings. The number of nitrogens with zero attached hydrogens (tertiary/aromatic N) is 2. The van der Waals surface area contributed by atoms with E-state index < -0.39 is 0 Å². The first-order chi connectivity index (χ1) is 15.7. The molecule has 7 heteroatoms. The number of carbonyl (C=O) groups excluding carboxylic acids is 2. The summed E-state index contributed by atoms with van der Waals surface area (Å²) in [6.45, 7) is 11.8. The summed E-state index contributed by atoms with van der Waals surface area (Å²) in [5.74, 6) is 1.32. The summed E-state index contributed by atoms with van der Waals surface area (Å²) in [6, 6.07) is 7.52. The molecule has 0 bridgehead atoms. The van der Waals surface area contributed by atoms with Gasteiger partial charge < -0.3 is 14.5 Å². The van der Waals surface area contributed by atoms with Crippen LogP contribution in [0.15, 0.2) is 29.6 Å². The van der Waals surface area contributed by atoms with Gasteiger partial charge in [-0.3, -0.25) is 9.59 Å². The number of benzene rings is 1. The van der Waals surface area contributed by atoms with E-state index in [0.29, 0.717) is 37.1 Å². The Balaban J connectivity index is 1.77. The number of hydrogen-bond acceptors (Lipinski definition) is 4. The van der Waals surface area contributed by atoms with Crippen LogP contribution in [0.25, 0.3) is 0 Å². The second-order valence-corrected chi connectivity index (χ2v) is 11.0. The number of carbonyl (C=O) groups is 2. The van der Waals surface area contributed by atoms with Crippen molar-refractivity contribution in [3.05, 3.63) is 50.7 Å². The molecule has 1 atom stereocenters. The summed E-state index contributed by atoms with van der Waals surface area (Å²) in [5, 5.41) is 2.78. The van der Waals surface area contributed by atoms with E-state index >= 15 is 0 Å². The lowest BCUT2D eigenvalue weighted by Crippen LogP contribution is -2.48. The molecule has 2 heterocycles. The maximum Gasteiger partial charge on any atom is 0.242 e. The highest BCUT2D eigenvalue weighted by atomic mass is 35.5. The van der Waals surface area contributed by atoms with Crippen LogP contribution in [0, 0.1) is 18.8 Å². The van der Waals surface area contributed by atoms with Crippen molar-refractivity contribution >= 4 is 34.8 Å². The molecule has 0 fully saturated rings. The van der Waals surface area contributed by atoms with Crippen molar-refractivity contribution in [2.75, 3.05) is 26.2 Å². The first-order valence-electron chi connectivity index (χ1n) is 11.7. The van der Waals surface area contributed by atoms with Crippen LogP contribution < -0.4 is 4.74 Å². The lowest BCUT2D eigenvalue weighted by atomic mass is 10.00. The van der Waals surface area contributed by atoms with E-state index in [2.05, 4.69) is 25.3 Å². The summed E-state index contributed by atoms with van der Waals surface area (Å²) in [6.07, 6.45) is 1.29. The van der Waals surface area contributed by atoms with Gasteiger partial charge in [-0.15, -0.1) is 11.3 Å². The molecule has 1 aromatic carbocycles. The second-order valence-electron chi connectivity index (χ2n) is 9.64. The van der Waals surface area contributed by atoms with Gasteiger partial charge >= 0.3 is 0 Å². The van der Waals surface area contributed by atoms with Gasteiger partial charge in [0.1, 0.15) is 12.4 Å². The van der Waals surface area contributed by atoms with Crippen molar-refractivity contribution in [3.63, 3.8) is 0 Å². The van der Waals surface area contributed by atoms with Gasteiger partial charge in [-0.05, 0) is 66.0 Å². The normalized spacial score (nSPS) is 15.6. The van der Waals surface area contributed by atoms with E-state index in [-0.39, 0.29) is 30.3 Å². The summed E-state index contributed by atoms with van der Waals surface area (Å²) >= 11 is 7.88. The highest BCUT2D eigenvalue weighted by molar-refractivity contribution is 7.10. The minimum Gasteiger partial charge on any atom is -0.491 e. The van der Waals surface area contributed by atoms with E-state index in [9.17, 15) is 9.59 Å². The third-order valence-electron chi connectivity index (χ3n) is 5.80. The van der Waals surface area contributed by atoms with Crippen LogP contribution in [0.2, 0.25) is 5.02 Å². The molecule has 1 aliphatic heterocycles. The molecular formula is C26H35ClN2O3S. The molecule has 2 aromatic rings. The van der Waals surface area contributed by atoms with Crippen molar-refractivity contribution in [1.29, 1.82) is 0 Å². The lowest BCUT2D eigenvalue weighted by Gasteiger charge is -2.37. The number of rotatable bonds is 9. The zero-order valence-corrected chi connectivity index (χ0v) is 21.8. The Hall–Kier alpha value is -2.05. The molecule has 2 amide bonds. The van der Waals surface area contributed by atoms with Crippen LogP contribution >= 0.6 is 22.9 Å². The smallest absolute Gasteiger partial charge is 0.242 e. The number of ether oxygens (including phenoxy) is 1. The van der Waals surface area contributed by atoms with E-state index in [0.717, 1.165) is 23.3 Å². The van der Waals surface area contributed by atoms with E-state index in [4.69, 9.17) is 16.3 Å². The van der Waals surface area contributed by atoms with E-state index in [1.54, 1.807) is 16.2 Å². The van der Waals surface area contributed by atoms with Crippen LogP contribution in [0.5, 0.6) is 5.75 Å². The minimum atomic E-state index is -0.176. The molecule has 0 saturated carbocycles. The fourth-order valence-corrected chi connectivity index (χ4v) is 5.23. The zero-order chi connectivity index (χ0) is 24.1. The van der Waals surface area contributed by atoms with Gasteiger partial charge in [-0.1, -0.05) is 39.3 Å². The lowest BCUT2D eigenvalue weighted by molar-refractivity contribution is -0.143. The molecule has 0 saturated heterocycles. The SMILES string of the molecule is Cc1cc(OC[C@@H]2c3ccsc3CCN2C(=O)CN(CC(C)C)C(=O)CC(C)C)ccc1Cl. The summed E-state index contributed by atoms with van der Waals surface area (Å²) in [7, 11) is 0. The average Bonchev–Trinajstić information content (AvgIpc) is 3.22. The van der Waals surface area contributed by atoms with E-state index in [1.807, 2.05) is 43.9 Å². The third-order valence-corrected chi connectivity index (χ3v) is 7.22. The third kappa shape index (κ3) is 6.73. The van der Waals surface area contributed by atoms with E-state index in [1.165, 1.54) is 4.88 Å². The summed E-state index contributed by atoms with van der Waals surface area (Å²) in [5.41, 5.74) is 2.10. The molecule has 0 unspecified atom stereocenters. The summed E-state index contributed by atoms with van der Waals surface area (Å²) in [4.78, 5) is 31.3. The first kappa shape index (κ1) is 25.6. The van der Waals surface area contributed by atoms with Crippen molar-refractivity contribution in [3.8, 4) is 5.75 Å². The molecule has 180 valence electrons. The number of amides is 2. The number of thiophene rings is 1. The zero-order valence-electron chi connectivity index (χ0n) is 20.3. The highest BCUT2D eigenvalue weighted by Crippen LogP contribution is 2.34. The molecule has 1 aromatic heterocycles. The van der Waals surface area contributed by atoms with Crippen LogP contribution in [0.4, 0.5) is 0 Å². The van der Waals surface area contributed by atoms with Crippen LogP contribution in [-0.4, -0.2) is 47.9 Å². The Kier molecular flexibility index (Phi) is 8.82. The van der Waals surface area contributed by atoms with Gasteiger partial charge in [-0.25, -0.2) is 0 Å². The standard InChI is InChI=1S/C26H35ClN2O3S/c1-17(2)12-25(30)28(14-18(3)4)15-26(31)29-10-8-24-21(9-11-33-24)23(29)16-32-20-6-7-22(27)19(5)13-20/h6-7,9,11,13,17-18,23H,8,10,12,14-16H2,1-5H3/t23-/m1/s1. The predicted molar refractivity (Wildman–Crippen MR) is 135 cm³/mol. The van der Waals surface area contributed by atoms with Crippen molar-refractivity contribution < 1.29 is 14.3 Å². The monoisotopic (exact) mass is 490 g/mol. The topological polar surface area (TPSA) is 49.9 Å². The number of halogens is 1. The number of hydrogen-bond donors (Lipinski definition) is 0. The Labute approximate surface area is 206 Å². The maximum absolute atomic E-state index is 13.5.